The maximum atomic E-state index is 12.9. The van der Waals surface area contributed by atoms with Gasteiger partial charge in [0.2, 0.25) is 5.91 Å². The fourth-order valence-corrected chi connectivity index (χ4v) is 2.10. The highest BCUT2D eigenvalue weighted by Crippen LogP contribution is 2.25. The molecule has 0 aliphatic rings. The van der Waals surface area contributed by atoms with Gasteiger partial charge in [-0.3, -0.25) is 4.79 Å². The van der Waals surface area contributed by atoms with E-state index in [2.05, 4.69) is 5.32 Å². The summed E-state index contributed by atoms with van der Waals surface area (Å²) in [5.74, 6) is -0.0779. The fraction of sp³-hybridized carbons (Fsp3) is 0.312. The number of furan rings is 1. The molecular formula is C16H17ClFNO4. The lowest BCUT2D eigenvalue weighted by atomic mass is 10.0. The van der Waals surface area contributed by atoms with Crippen LogP contribution in [0.3, 0.4) is 0 Å². The van der Waals surface area contributed by atoms with Crippen LogP contribution in [0.4, 0.5) is 4.39 Å². The minimum absolute atomic E-state index is 0.0106. The zero-order chi connectivity index (χ0) is 16.9. The van der Waals surface area contributed by atoms with E-state index in [4.69, 9.17) is 20.8 Å². The van der Waals surface area contributed by atoms with E-state index in [0.29, 0.717) is 11.5 Å². The van der Waals surface area contributed by atoms with Gasteiger partial charge in [0.25, 0.3) is 0 Å². The standard InChI is InChI=1S/C16H17ClFNO4/c1-16(21,14-3-2-7-23-14)10-19-15(20)6-8-22-13-5-4-11(18)9-12(13)17/h2-5,7,9,21H,6,8,10H2,1H3,(H,19,20). The van der Waals surface area contributed by atoms with Gasteiger partial charge in [-0.2, -0.15) is 0 Å². The number of nitrogens with one attached hydrogen (secondary N) is 1. The number of carbonyl (C=O) groups is 1. The molecule has 0 fully saturated rings. The molecule has 0 saturated carbocycles. The SMILES string of the molecule is CC(O)(CNC(=O)CCOc1ccc(F)cc1Cl)c1ccco1. The van der Waals surface area contributed by atoms with E-state index in [0.717, 1.165) is 6.07 Å². The van der Waals surface area contributed by atoms with Gasteiger partial charge in [0.15, 0.2) is 0 Å². The molecule has 1 heterocycles. The lowest BCUT2D eigenvalue weighted by Crippen LogP contribution is -2.38. The van der Waals surface area contributed by atoms with Crippen LogP contribution in [-0.2, 0) is 10.4 Å². The summed E-state index contributed by atoms with van der Waals surface area (Å²) in [5, 5.41) is 12.9. The second-order valence-corrected chi connectivity index (χ2v) is 5.61. The summed E-state index contributed by atoms with van der Waals surface area (Å²) in [6.45, 7) is 1.64. The fourth-order valence-electron chi connectivity index (χ4n) is 1.88. The molecule has 2 aromatic rings. The van der Waals surface area contributed by atoms with Gasteiger partial charge in [0, 0.05) is 0 Å². The third-order valence-corrected chi connectivity index (χ3v) is 3.46. The predicted octanol–water partition coefficient (Wildman–Crippen LogP) is 2.86. The number of hydrogen-bond acceptors (Lipinski definition) is 4. The molecule has 0 aliphatic heterocycles. The summed E-state index contributed by atoms with van der Waals surface area (Å²) in [4.78, 5) is 11.8. The number of aliphatic hydroxyl groups is 1. The van der Waals surface area contributed by atoms with Crippen LogP contribution in [0.5, 0.6) is 5.75 Å². The first-order valence-corrected chi connectivity index (χ1v) is 7.37. The monoisotopic (exact) mass is 341 g/mol. The summed E-state index contributed by atoms with van der Waals surface area (Å²) in [7, 11) is 0. The molecule has 0 radical (unpaired) electrons. The number of halogens is 2. The molecule has 7 heteroatoms. The average molecular weight is 342 g/mol. The number of hydrogen-bond donors (Lipinski definition) is 2. The van der Waals surface area contributed by atoms with E-state index in [9.17, 15) is 14.3 Å². The molecule has 0 spiro atoms. The van der Waals surface area contributed by atoms with Gasteiger partial charge in [0.05, 0.1) is 30.9 Å². The smallest absolute Gasteiger partial charge is 0.223 e. The van der Waals surface area contributed by atoms with Crippen molar-refractivity contribution in [2.45, 2.75) is 18.9 Å². The van der Waals surface area contributed by atoms with Gasteiger partial charge >= 0.3 is 0 Å². The number of carbonyl (C=O) groups excluding carboxylic acids is 1. The van der Waals surface area contributed by atoms with Crippen LogP contribution in [-0.4, -0.2) is 24.2 Å². The Balaban J connectivity index is 1.75. The van der Waals surface area contributed by atoms with Crippen molar-refractivity contribution in [3.8, 4) is 5.75 Å². The Morgan fingerprint density at radius 2 is 2.26 bits per heavy atom. The summed E-state index contributed by atoms with van der Waals surface area (Å²) in [6, 6.07) is 7.05. The Hall–Kier alpha value is -2.05. The van der Waals surface area contributed by atoms with Crippen LogP contribution >= 0.6 is 11.6 Å². The second-order valence-electron chi connectivity index (χ2n) is 5.20. The van der Waals surface area contributed by atoms with E-state index in [1.807, 2.05) is 0 Å². The molecule has 1 aromatic heterocycles. The normalized spacial score (nSPS) is 13.4. The summed E-state index contributed by atoms with van der Waals surface area (Å²) >= 11 is 5.81. The minimum Gasteiger partial charge on any atom is -0.491 e. The van der Waals surface area contributed by atoms with Gasteiger partial charge in [-0.25, -0.2) is 4.39 Å². The lowest BCUT2D eigenvalue weighted by molar-refractivity contribution is -0.122. The topological polar surface area (TPSA) is 71.7 Å². The largest absolute Gasteiger partial charge is 0.491 e. The van der Waals surface area contributed by atoms with Crippen molar-refractivity contribution in [1.82, 2.24) is 5.32 Å². The third kappa shape index (κ3) is 4.97. The molecular weight excluding hydrogens is 325 g/mol. The van der Waals surface area contributed by atoms with Gasteiger partial charge in [-0.05, 0) is 37.3 Å². The minimum atomic E-state index is -1.29. The molecule has 2 N–H and O–H groups in total. The highest BCUT2D eigenvalue weighted by molar-refractivity contribution is 6.32. The molecule has 0 aliphatic carbocycles. The maximum Gasteiger partial charge on any atom is 0.223 e. The molecule has 5 nitrogen and oxygen atoms in total. The summed E-state index contributed by atoms with van der Waals surface area (Å²) in [6.07, 6.45) is 1.52. The van der Waals surface area contributed by atoms with Crippen molar-refractivity contribution >= 4 is 17.5 Å². The molecule has 1 amide bonds. The van der Waals surface area contributed by atoms with E-state index >= 15 is 0 Å². The Labute approximate surface area is 138 Å². The first-order valence-electron chi connectivity index (χ1n) is 6.99. The Kier molecular flexibility index (Phi) is 5.63. The first-order chi connectivity index (χ1) is 10.9. The first kappa shape index (κ1) is 17.3. The predicted molar refractivity (Wildman–Crippen MR) is 82.8 cm³/mol. The number of rotatable bonds is 7. The third-order valence-electron chi connectivity index (χ3n) is 3.16. The molecule has 1 unspecified atom stereocenters. The molecule has 23 heavy (non-hydrogen) atoms. The quantitative estimate of drug-likeness (QED) is 0.812. The van der Waals surface area contributed by atoms with E-state index in [-0.39, 0.29) is 30.5 Å². The van der Waals surface area contributed by atoms with Crippen LogP contribution in [0.15, 0.2) is 41.0 Å². The number of ether oxygens (including phenoxy) is 1. The van der Waals surface area contributed by atoms with Crippen molar-refractivity contribution in [1.29, 1.82) is 0 Å². The van der Waals surface area contributed by atoms with Gasteiger partial charge in [-0.15, -0.1) is 0 Å². The highest BCUT2D eigenvalue weighted by atomic mass is 35.5. The number of amides is 1. The second kappa shape index (κ2) is 7.48. The molecule has 124 valence electrons. The van der Waals surface area contributed by atoms with Gasteiger partial charge < -0.3 is 19.6 Å². The summed E-state index contributed by atoms with van der Waals surface area (Å²) < 4.78 is 23.3. The molecule has 1 aromatic carbocycles. The van der Waals surface area contributed by atoms with Crippen LogP contribution in [0.25, 0.3) is 0 Å². The number of benzene rings is 1. The van der Waals surface area contributed by atoms with Crippen molar-refractivity contribution in [2.75, 3.05) is 13.2 Å². The maximum absolute atomic E-state index is 12.9. The van der Waals surface area contributed by atoms with Gasteiger partial charge in [0.1, 0.15) is 22.9 Å². The zero-order valence-corrected chi connectivity index (χ0v) is 13.3. The zero-order valence-electron chi connectivity index (χ0n) is 12.5. The molecule has 2 rings (SSSR count). The van der Waals surface area contributed by atoms with E-state index in [1.165, 1.54) is 18.4 Å². The summed E-state index contributed by atoms with van der Waals surface area (Å²) in [5.41, 5.74) is -1.29. The molecule has 1 atom stereocenters. The lowest BCUT2D eigenvalue weighted by Gasteiger charge is -2.21. The van der Waals surface area contributed by atoms with Crippen LogP contribution in [0.1, 0.15) is 19.1 Å². The van der Waals surface area contributed by atoms with Crippen LogP contribution in [0.2, 0.25) is 5.02 Å². The van der Waals surface area contributed by atoms with Crippen molar-refractivity contribution < 1.29 is 23.4 Å². The molecule has 0 bridgehead atoms. The Morgan fingerprint density at radius 3 is 2.91 bits per heavy atom. The Morgan fingerprint density at radius 1 is 1.48 bits per heavy atom. The molecule has 0 saturated heterocycles. The van der Waals surface area contributed by atoms with Crippen LogP contribution in [0, 0.1) is 5.82 Å². The Bertz CT molecular complexity index is 658. The highest BCUT2D eigenvalue weighted by Gasteiger charge is 2.26. The van der Waals surface area contributed by atoms with Crippen molar-refractivity contribution in [3.05, 3.63) is 53.2 Å². The van der Waals surface area contributed by atoms with Gasteiger partial charge in [-0.1, -0.05) is 11.6 Å². The van der Waals surface area contributed by atoms with Crippen LogP contribution < -0.4 is 10.1 Å². The van der Waals surface area contributed by atoms with Crippen molar-refractivity contribution in [2.24, 2.45) is 0 Å². The van der Waals surface area contributed by atoms with E-state index < -0.39 is 11.4 Å². The average Bonchev–Trinajstić information content (AvgIpc) is 3.03. The van der Waals surface area contributed by atoms with E-state index in [1.54, 1.807) is 19.1 Å². The van der Waals surface area contributed by atoms with Crippen molar-refractivity contribution in [3.63, 3.8) is 0 Å².